The highest BCUT2D eigenvalue weighted by molar-refractivity contribution is 5.78. The Bertz CT molecular complexity index is 700. The summed E-state index contributed by atoms with van der Waals surface area (Å²) in [7, 11) is 4.60. The SMILES string of the molecule is COc1cc(CNC(=O)CN2CCN(CCCOCC(F)(F)F)CC2)cc(OC)c1OC. The summed E-state index contributed by atoms with van der Waals surface area (Å²) < 4.78 is 56.7. The minimum Gasteiger partial charge on any atom is -0.493 e. The van der Waals surface area contributed by atoms with Gasteiger partial charge in [0.2, 0.25) is 11.7 Å². The fraction of sp³-hybridized carbons (Fsp3) is 0.667. The van der Waals surface area contributed by atoms with Gasteiger partial charge < -0.3 is 29.2 Å². The number of hydrogen-bond acceptors (Lipinski definition) is 7. The smallest absolute Gasteiger partial charge is 0.411 e. The number of nitrogens with zero attached hydrogens (tertiary/aromatic N) is 2. The number of carbonyl (C=O) groups is 1. The van der Waals surface area contributed by atoms with E-state index in [1.165, 1.54) is 21.3 Å². The predicted molar refractivity (Wildman–Crippen MR) is 112 cm³/mol. The number of piperazine rings is 1. The molecule has 0 aliphatic carbocycles. The van der Waals surface area contributed by atoms with Crippen molar-refractivity contribution in [3.05, 3.63) is 17.7 Å². The summed E-state index contributed by atoms with van der Waals surface area (Å²) in [6.45, 7) is 3.15. The van der Waals surface area contributed by atoms with Crippen LogP contribution in [0, 0.1) is 0 Å². The number of hydrogen-bond donors (Lipinski definition) is 1. The summed E-state index contributed by atoms with van der Waals surface area (Å²) in [4.78, 5) is 16.6. The van der Waals surface area contributed by atoms with Gasteiger partial charge in [0.15, 0.2) is 11.5 Å². The molecule has 1 aromatic carbocycles. The van der Waals surface area contributed by atoms with Crippen molar-refractivity contribution in [3.63, 3.8) is 0 Å². The topological polar surface area (TPSA) is 72.5 Å². The van der Waals surface area contributed by atoms with E-state index in [0.717, 1.165) is 31.7 Å². The van der Waals surface area contributed by atoms with Gasteiger partial charge in [-0.15, -0.1) is 0 Å². The zero-order valence-corrected chi connectivity index (χ0v) is 18.8. The molecule has 0 atom stereocenters. The molecule has 0 spiro atoms. The third-order valence-electron chi connectivity index (χ3n) is 5.08. The van der Waals surface area contributed by atoms with Gasteiger partial charge in [0.05, 0.1) is 27.9 Å². The number of benzene rings is 1. The molecule has 32 heavy (non-hydrogen) atoms. The van der Waals surface area contributed by atoms with Crippen molar-refractivity contribution < 1.29 is 36.9 Å². The van der Waals surface area contributed by atoms with Crippen molar-refractivity contribution in [2.24, 2.45) is 0 Å². The average Bonchev–Trinajstić information content (AvgIpc) is 2.77. The van der Waals surface area contributed by atoms with Crippen LogP contribution < -0.4 is 19.5 Å². The molecule has 182 valence electrons. The quantitative estimate of drug-likeness (QED) is 0.475. The van der Waals surface area contributed by atoms with Crippen LogP contribution in [-0.4, -0.2) is 95.7 Å². The maximum atomic E-state index is 12.4. The molecule has 11 heteroatoms. The minimum absolute atomic E-state index is 0.0864. The van der Waals surface area contributed by atoms with E-state index in [9.17, 15) is 18.0 Å². The van der Waals surface area contributed by atoms with Crippen LogP contribution in [-0.2, 0) is 16.1 Å². The summed E-state index contributed by atoms with van der Waals surface area (Å²) in [5.41, 5.74) is 0.824. The van der Waals surface area contributed by atoms with E-state index in [-0.39, 0.29) is 19.1 Å². The molecule has 1 amide bonds. The number of halogens is 3. The maximum absolute atomic E-state index is 12.4. The fourth-order valence-corrected chi connectivity index (χ4v) is 3.45. The van der Waals surface area contributed by atoms with Crippen LogP contribution in [0.2, 0.25) is 0 Å². The van der Waals surface area contributed by atoms with Crippen molar-refractivity contribution in [2.45, 2.75) is 19.1 Å². The van der Waals surface area contributed by atoms with Crippen LogP contribution in [0.3, 0.4) is 0 Å². The van der Waals surface area contributed by atoms with Crippen LogP contribution in [0.15, 0.2) is 12.1 Å². The number of carbonyl (C=O) groups excluding carboxylic acids is 1. The lowest BCUT2D eigenvalue weighted by atomic mass is 10.1. The highest BCUT2D eigenvalue weighted by Gasteiger charge is 2.27. The van der Waals surface area contributed by atoms with Gasteiger partial charge in [-0.1, -0.05) is 0 Å². The van der Waals surface area contributed by atoms with E-state index in [1.807, 2.05) is 0 Å². The van der Waals surface area contributed by atoms with Gasteiger partial charge in [0.1, 0.15) is 6.61 Å². The van der Waals surface area contributed by atoms with E-state index >= 15 is 0 Å². The second-order valence-corrected chi connectivity index (χ2v) is 7.45. The Kier molecular flexibility index (Phi) is 10.3. The first-order valence-corrected chi connectivity index (χ1v) is 10.4. The summed E-state index contributed by atoms with van der Waals surface area (Å²) in [6.07, 6.45) is -3.73. The molecule has 1 aliphatic rings. The molecule has 0 aromatic heterocycles. The zero-order valence-electron chi connectivity index (χ0n) is 18.8. The normalized spacial score (nSPS) is 15.4. The first-order chi connectivity index (χ1) is 15.3. The highest BCUT2D eigenvalue weighted by Crippen LogP contribution is 2.38. The van der Waals surface area contributed by atoms with Gasteiger partial charge in [0.25, 0.3) is 0 Å². The van der Waals surface area contributed by atoms with Gasteiger partial charge in [-0.05, 0) is 24.1 Å². The molecular formula is C21H32F3N3O5. The number of ether oxygens (including phenoxy) is 4. The molecular weight excluding hydrogens is 431 g/mol. The second kappa shape index (κ2) is 12.7. The third-order valence-corrected chi connectivity index (χ3v) is 5.08. The Morgan fingerprint density at radius 2 is 1.59 bits per heavy atom. The van der Waals surface area contributed by atoms with Crippen LogP contribution in [0.1, 0.15) is 12.0 Å². The Morgan fingerprint density at radius 3 is 2.12 bits per heavy atom. The number of methoxy groups -OCH3 is 3. The van der Waals surface area contributed by atoms with E-state index in [0.29, 0.717) is 36.8 Å². The van der Waals surface area contributed by atoms with Crippen molar-refractivity contribution in [1.82, 2.24) is 15.1 Å². The van der Waals surface area contributed by atoms with Crippen LogP contribution in [0.25, 0.3) is 0 Å². The largest absolute Gasteiger partial charge is 0.493 e. The molecule has 0 saturated carbocycles. The van der Waals surface area contributed by atoms with E-state index in [4.69, 9.17) is 14.2 Å². The lowest BCUT2D eigenvalue weighted by Gasteiger charge is -2.34. The minimum atomic E-state index is -4.28. The second-order valence-electron chi connectivity index (χ2n) is 7.45. The number of amides is 1. The van der Waals surface area contributed by atoms with Crippen molar-refractivity contribution in [1.29, 1.82) is 0 Å². The fourth-order valence-electron chi connectivity index (χ4n) is 3.45. The van der Waals surface area contributed by atoms with Crippen LogP contribution >= 0.6 is 0 Å². The molecule has 1 aliphatic heterocycles. The molecule has 8 nitrogen and oxygen atoms in total. The molecule has 1 heterocycles. The monoisotopic (exact) mass is 463 g/mol. The lowest BCUT2D eigenvalue weighted by Crippen LogP contribution is -2.49. The number of rotatable bonds is 12. The highest BCUT2D eigenvalue weighted by atomic mass is 19.4. The van der Waals surface area contributed by atoms with Gasteiger partial charge in [-0.25, -0.2) is 0 Å². The molecule has 1 saturated heterocycles. The molecule has 1 N–H and O–H groups in total. The van der Waals surface area contributed by atoms with Gasteiger partial charge in [0, 0.05) is 45.9 Å². The van der Waals surface area contributed by atoms with Crippen molar-refractivity contribution in [3.8, 4) is 17.2 Å². The standard InChI is InChI=1S/C21H32F3N3O5/c1-29-17-11-16(12-18(30-2)20(17)31-3)13-25-19(28)14-27-8-6-26(7-9-27)5-4-10-32-15-21(22,23)24/h11-12H,4-10,13-15H2,1-3H3,(H,25,28). The van der Waals surface area contributed by atoms with Gasteiger partial charge >= 0.3 is 6.18 Å². The summed E-state index contributed by atoms with van der Waals surface area (Å²) in [6, 6.07) is 3.58. The molecule has 0 unspecified atom stereocenters. The molecule has 1 fully saturated rings. The van der Waals surface area contributed by atoms with Crippen LogP contribution in [0.4, 0.5) is 13.2 Å². The maximum Gasteiger partial charge on any atom is 0.411 e. The van der Waals surface area contributed by atoms with Crippen molar-refractivity contribution >= 4 is 5.91 Å². The first kappa shape index (κ1) is 26.0. The Balaban J connectivity index is 1.68. The van der Waals surface area contributed by atoms with E-state index < -0.39 is 12.8 Å². The number of alkyl halides is 3. The molecule has 1 aromatic rings. The molecule has 0 bridgehead atoms. The van der Waals surface area contributed by atoms with E-state index in [2.05, 4.69) is 19.9 Å². The first-order valence-electron chi connectivity index (χ1n) is 10.4. The number of nitrogens with one attached hydrogen (secondary N) is 1. The van der Waals surface area contributed by atoms with Gasteiger partial charge in [-0.3, -0.25) is 9.69 Å². The van der Waals surface area contributed by atoms with Crippen LogP contribution in [0.5, 0.6) is 17.2 Å². The van der Waals surface area contributed by atoms with Crippen molar-refractivity contribution in [2.75, 3.05) is 73.8 Å². The van der Waals surface area contributed by atoms with Gasteiger partial charge in [-0.2, -0.15) is 13.2 Å². The summed E-state index contributed by atoms with van der Waals surface area (Å²) in [5.74, 6) is 1.45. The molecule has 2 rings (SSSR count). The molecule has 0 radical (unpaired) electrons. The zero-order chi connectivity index (χ0) is 23.6. The lowest BCUT2D eigenvalue weighted by molar-refractivity contribution is -0.174. The Morgan fingerprint density at radius 1 is 1.00 bits per heavy atom. The summed E-state index contributed by atoms with van der Waals surface area (Å²) >= 11 is 0. The average molecular weight is 463 g/mol. The Labute approximate surface area is 186 Å². The predicted octanol–water partition coefficient (Wildman–Crippen LogP) is 1.92. The third kappa shape index (κ3) is 8.71. The summed E-state index contributed by atoms with van der Waals surface area (Å²) in [5, 5.41) is 2.90. The van der Waals surface area contributed by atoms with E-state index in [1.54, 1.807) is 12.1 Å². The Hall–Kier alpha value is -2.24.